The molecule has 20 heavy (non-hydrogen) atoms. The summed E-state index contributed by atoms with van der Waals surface area (Å²) < 4.78 is 5.25. The minimum Gasteiger partial charge on any atom is -0.507 e. The maximum atomic E-state index is 9.99. The number of methoxy groups -OCH3 is 1. The van der Waals surface area contributed by atoms with Crippen LogP contribution in [0.3, 0.4) is 0 Å². The Kier molecular flexibility index (Phi) is 4.18. The van der Waals surface area contributed by atoms with Crippen LogP contribution in [0, 0.1) is 13.8 Å². The van der Waals surface area contributed by atoms with E-state index in [1.165, 1.54) is 0 Å². The number of hydrogen-bond acceptors (Lipinski definition) is 3. The molecule has 106 valence electrons. The first kappa shape index (κ1) is 14.3. The van der Waals surface area contributed by atoms with Gasteiger partial charge < -0.3 is 15.2 Å². The van der Waals surface area contributed by atoms with Crippen molar-refractivity contribution in [3.05, 3.63) is 53.1 Å². The highest BCUT2D eigenvalue weighted by Gasteiger charge is 2.10. The average molecular weight is 271 g/mol. The summed E-state index contributed by atoms with van der Waals surface area (Å²) in [6, 6.07) is 12.0. The smallest absolute Gasteiger partial charge is 0.123 e. The first-order valence-corrected chi connectivity index (χ1v) is 6.72. The third kappa shape index (κ3) is 2.87. The van der Waals surface area contributed by atoms with Crippen LogP contribution in [-0.4, -0.2) is 12.2 Å². The van der Waals surface area contributed by atoms with Gasteiger partial charge in [0.25, 0.3) is 0 Å². The highest BCUT2D eigenvalue weighted by atomic mass is 16.5. The van der Waals surface area contributed by atoms with Gasteiger partial charge in [-0.1, -0.05) is 18.2 Å². The zero-order valence-corrected chi connectivity index (χ0v) is 12.4. The lowest BCUT2D eigenvalue weighted by Gasteiger charge is -2.19. The third-order valence-corrected chi connectivity index (χ3v) is 3.60. The molecule has 3 heteroatoms. The number of rotatable bonds is 4. The van der Waals surface area contributed by atoms with E-state index < -0.39 is 0 Å². The van der Waals surface area contributed by atoms with E-state index in [0.29, 0.717) is 5.75 Å². The summed E-state index contributed by atoms with van der Waals surface area (Å²) in [6.45, 7) is 5.91. The van der Waals surface area contributed by atoms with Gasteiger partial charge in [-0.2, -0.15) is 0 Å². The monoisotopic (exact) mass is 271 g/mol. The molecule has 0 heterocycles. The van der Waals surface area contributed by atoms with Crippen molar-refractivity contribution in [1.82, 2.24) is 0 Å². The van der Waals surface area contributed by atoms with Crippen LogP contribution in [0.2, 0.25) is 0 Å². The Labute approximate surface area is 120 Å². The molecule has 0 saturated heterocycles. The van der Waals surface area contributed by atoms with E-state index in [-0.39, 0.29) is 6.04 Å². The van der Waals surface area contributed by atoms with Gasteiger partial charge in [-0.05, 0) is 50.1 Å². The molecule has 0 saturated carbocycles. The van der Waals surface area contributed by atoms with Crippen molar-refractivity contribution >= 4 is 5.69 Å². The van der Waals surface area contributed by atoms with Crippen molar-refractivity contribution < 1.29 is 9.84 Å². The number of nitrogens with one attached hydrogen (secondary N) is 1. The van der Waals surface area contributed by atoms with E-state index in [0.717, 1.165) is 28.1 Å². The lowest BCUT2D eigenvalue weighted by atomic mass is 10.1. The molecule has 0 aromatic heterocycles. The van der Waals surface area contributed by atoms with E-state index in [4.69, 9.17) is 4.74 Å². The maximum absolute atomic E-state index is 9.99. The second-order valence-electron chi connectivity index (χ2n) is 5.05. The van der Waals surface area contributed by atoms with Crippen LogP contribution >= 0.6 is 0 Å². The molecule has 0 spiro atoms. The van der Waals surface area contributed by atoms with E-state index >= 15 is 0 Å². The Morgan fingerprint density at radius 2 is 1.90 bits per heavy atom. The molecule has 1 atom stereocenters. The van der Waals surface area contributed by atoms with Gasteiger partial charge in [0.05, 0.1) is 7.11 Å². The predicted molar refractivity (Wildman–Crippen MR) is 82.6 cm³/mol. The van der Waals surface area contributed by atoms with Gasteiger partial charge in [0.2, 0.25) is 0 Å². The normalized spacial score (nSPS) is 12.0. The van der Waals surface area contributed by atoms with Gasteiger partial charge in [-0.3, -0.25) is 0 Å². The van der Waals surface area contributed by atoms with Crippen molar-refractivity contribution in [2.24, 2.45) is 0 Å². The molecule has 2 rings (SSSR count). The Bertz CT molecular complexity index is 608. The molecule has 2 aromatic carbocycles. The number of phenols is 1. The maximum Gasteiger partial charge on any atom is 0.123 e. The molecule has 0 aliphatic carbocycles. The Balaban J connectivity index is 2.23. The number of anilines is 1. The summed E-state index contributed by atoms with van der Waals surface area (Å²) in [5, 5.41) is 13.4. The van der Waals surface area contributed by atoms with E-state index in [1.807, 2.05) is 44.2 Å². The molecule has 2 N–H and O–H groups in total. The van der Waals surface area contributed by atoms with Crippen LogP contribution in [0.5, 0.6) is 11.5 Å². The quantitative estimate of drug-likeness (QED) is 0.876. The summed E-state index contributed by atoms with van der Waals surface area (Å²) in [6.07, 6.45) is 0. The highest BCUT2D eigenvalue weighted by molar-refractivity contribution is 5.60. The lowest BCUT2D eigenvalue weighted by molar-refractivity contribution is 0.414. The van der Waals surface area contributed by atoms with Crippen LogP contribution in [0.1, 0.15) is 29.7 Å². The Morgan fingerprint density at radius 1 is 1.15 bits per heavy atom. The van der Waals surface area contributed by atoms with Gasteiger partial charge >= 0.3 is 0 Å². The SMILES string of the molecule is COc1cccc(C(C)Nc2ccc(C)c(O)c2C)c1. The molecule has 0 bridgehead atoms. The minimum absolute atomic E-state index is 0.130. The number of hydrogen-bond donors (Lipinski definition) is 2. The van der Waals surface area contributed by atoms with Crippen LogP contribution in [0.4, 0.5) is 5.69 Å². The van der Waals surface area contributed by atoms with Crippen molar-refractivity contribution in [3.63, 3.8) is 0 Å². The number of aryl methyl sites for hydroxylation is 1. The number of benzene rings is 2. The fourth-order valence-corrected chi connectivity index (χ4v) is 2.22. The first-order valence-electron chi connectivity index (χ1n) is 6.72. The fourth-order valence-electron chi connectivity index (χ4n) is 2.22. The average Bonchev–Trinajstić information content (AvgIpc) is 2.48. The lowest BCUT2D eigenvalue weighted by Crippen LogP contribution is -2.08. The van der Waals surface area contributed by atoms with Gasteiger partial charge in [-0.15, -0.1) is 0 Å². The van der Waals surface area contributed by atoms with Crippen molar-refractivity contribution in [2.75, 3.05) is 12.4 Å². The predicted octanol–water partition coefficient (Wildman–Crippen LogP) is 4.19. The fraction of sp³-hybridized carbons (Fsp3) is 0.294. The molecule has 2 aromatic rings. The third-order valence-electron chi connectivity index (χ3n) is 3.60. The molecule has 3 nitrogen and oxygen atoms in total. The molecule has 0 fully saturated rings. The minimum atomic E-state index is 0.130. The molecular weight excluding hydrogens is 250 g/mol. The largest absolute Gasteiger partial charge is 0.507 e. The second-order valence-corrected chi connectivity index (χ2v) is 5.05. The van der Waals surface area contributed by atoms with E-state index in [9.17, 15) is 5.11 Å². The second kappa shape index (κ2) is 5.87. The van der Waals surface area contributed by atoms with E-state index in [1.54, 1.807) is 7.11 Å². The number of phenolic OH excluding ortho intramolecular Hbond substituents is 1. The molecule has 1 unspecified atom stereocenters. The molecule has 0 radical (unpaired) electrons. The van der Waals surface area contributed by atoms with Crippen molar-refractivity contribution in [2.45, 2.75) is 26.8 Å². The van der Waals surface area contributed by atoms with Gasteiger partial charge in [0, 0.05) is 17.3 Å². The van der Waals surface area contributed by atoms with Crippen LogP contribution in [0.15, 0.2) is 36.4 Å². The standard InChI is InChI=1S/C17H21NO2/c1-11-8-9-16(12(2)17(11)19)18-13(3)14-6-5-7-15(10-14)20-4/h5-10,13,18-19H,1-4H3. The van der Waals surface area contributed by atoms with Crippen LogP contribution < -0.4 is 10.1 Å². The number of ether oxygens (including phenoxy) is 1. The van der Waals surface area contributed by atoms with Crippen molar-refractivity contribution in [1.29, 1.82) is 0 Å². The topological polar surface area (TPSA) is 41.5 Å². The summed E-state index contributed by atoms with van der Waals surface area (Å²) in [5.41, 5.74) is 3.86. The summed E-state index contributed by atoms with van der Waals surface area (Å²) >= 11 is 0. The zero-order valence-electron chi connectivity index (χ0n) is 12.4. The number of aromatic hydroxyl groups is 1. The van der Waals surface area contributed by atoms with Crippen LogP contribution in [-0.2, 0) is 0 Å². The molecule has 0 aliphatic rings. The summed E-state index contributed by atoms with van der Waals surface area (Å²) in [5.74, 6) is 1.20. The molecular formula is C17H21NO2. The zero-order chi connectivity index (χ0) is 14.7. The first-order chi connectivity index (χ1) is 9.52. The van der Waals surface area contributed by atoms with E-state index in [2.05, 4.69) is 18.3 Å². The Morgan fingerprint density at radius 3 is 2.60 bits per heavy atom. The Hall–Kier alpha value is -2.16. The van der Waals surface area contributed by atoms with Crippen molar-refractivity contribution in [3.8, 4) is 11.5 Å². The molecule has 0 amide bonds. The molecule has 0 aliphatic heterocycles. The van der Waals surface area contributed by atoms with Gasteiger partial charge in [-0.25, -0.2) is 0 Å². The highest BCUT2D eigenvalue weighted by Crippen LogP contribution is 2.31. The summed E-state index contributed by atoms with van der Waals surface area (Å²) in [4.78, 5) is 0. The van der Waals surface area contributed by atoms with Gasteiger partial charge in [0.15, 0.2) is 0 Å². The van der Waals surface area contributed by atoms with Gasteiger partial charge in [0.1, 0.15) is 11.5 Å². The van der Waals surface area contributed by atoms with Crippen LogP contribution in [0.25, 0.3) is 0 Å². The summed E-state index contributed by atoms with van der Waals surface area (Å²) in [7, 11) is 1.67.